The number of benzene rings is 2. The van der Waals surface area contributed by atoms with Crippen LogP contribution in [-0.4, -0.2) is 33.6 Å². The molecule has 0 unspecified atom stereocenters. The summed E-state index contributed by atoms with van der Waals surface area (Å²) in [6.07, 6.45) is 0. The summed E-state index contributed by atoms with van der Waals surface area (Å²) in [7, 11) is 0. The van der Waals surface area contributed by atoms with Gasteiger partial charge in [0.1, 0.15) is 12.3 Å². The van der Waals surface area contributed by atoms with Gasteiger partial charge in [-0.3, -0.25) is 4.79 Å². The third-order valence-corrected chi connectivity index (χ3v) is 4.50. The molecule has 0 spiro atoms. The monoisotopic (exact) mass is 419 g/mol. The fraction of sp³-hybridized carbons (Fsp3) is 0.250. The maximum Gasteiger partial charge on any atom is 0.261 e. The van der Waals surface area contributed by atoms with E-state index >= 15 is 0 Å². The molecule has 0 saturated heterocycles. The van der Waals surface area contributed by atoms with Gasteiger partial charge in [-0.25, -0.2) is 0 Å². The van der Waals surface area contributed by atoms with Gasteiger partial charge in [0, 0.05) is 21.7 Å². The number of aromatic nitrogens is 2. The smallest absolute Gasteiger partial charge is 0.261 e. The van der Waals surface area contributed by atoms with Crippen molar-refractivity contribution >= 4 is 29.1 Å². The van der Waals surface area contributed by atoms with Crippen LogP contribution in [0, 0.1) is 0 Å². The lowest BCUT2D eigenvalue weighted by Gasteiger charge is -2.25. The largest absolute Gasteiger partial charge is 0.484 e. The Morgan fingerprint density at radius 2 is 1.68 bits per heavy atom. The molecule has 6 nitrogen and oxygen atoms in total. The zero-order valence-corrected chi connectivity index (χ0v) is 16.9. The maximum absolute atomic E-state index is 12.6. The molecule has 146 valence electrons. The highest BCUT2D eigenvalue weighted by Gasteiger charge is 2.21. The summed E-state index contributed by atoms with van der Waals surface area (Å²) < 4.78 is 10.9. The molecular weight excluding hydrogens is 401 g/mol. The van der Waals surface area contributed by atoms with E-state index < -0.39 is 0 Å². The summed E-state index contributed by atoms with van der Waals surface area (Å²) in [5, 5.41) is 5.21. The highest BCUT2D eigenvalue weighted by atomic mass is 35.5. The maximum atomic E-state index is 12.6. The Hall–Kier alpha value is -2.57. The number of carbonyl (C=O) groups excluding carboxylic acids is 1. The third kappa shape index (κ3) is 5.24. The molecule has 0 saturated carbocycles. The van der Waals surface area contributed by atoms with Gasteiger partial charge in [-0.05, 0) is 62.4 Å². The molecule has 3 rings (SSSR count). The summed E-state index contributed by atoms with van der Waals surface area (Å²) in [6.45, 7) is 3.92. The first kappa shape index (κ1) is 20.2. The van der Waals surface area contributed by atoms with Crippen molar-refractivity contribution in [2.75, 3.05) is 6.61 Å². The number of nitrogens with zero attached hydrogens (tertiary/aromatic N) is 3. The Balaban J connectivity index is 1.64. The van der Waals surface area contributed by atoms with Gasteiger partial charge in [0.05, 0.1) is 0 Å². The highest BCUT2D eigenvalue weighted by Crippen LogP contribution is 2.20. The van der Waals surface area contributed by atoms with E-state index in [9.17, 15) is 4.79 Å². The quantitative estimate of drug-likeness (QED) is 0.546. The Morgan fingerprint density at radius 1 is 1.07 bits per heavy atom. The van der Waals surface area contributed by atoms with Crippen LogP contribution in [0.15, 0.2) is 53.1 Å². The number of ether oxygens (including phenoxy) is 1. The zero-order valence-electron chi connectivity index (χ0n) is 15.4. The summed E-state index contributed by atoms with van der Waals surface area (Å²) in [5.41, 5.74) is 0.785. The second-order valence-electron chi connectivity index (χ2n) is 6.38. The number of hydrogen-bond acceptors (Lipinski definition) is 5. The fourth-order valence-corrected chi connectivity index (χ4v) is 2.75. The molecule has 2 aromatic carbocycles. The Bertz CT molecular complexity index is 925. The number of amides is 1. The molecule has 0 bridgehead atoms. The number of hydrogen-bond donors (Lipinski definition) is 0. The van der Waals surface area contributed by atoms with E-state index in [0.29, 0.717) is 27.5 Å². The van der Waals surface area contributed by atoms with E-state index in [1.807, 2.05) is 26.0 Å². The second-order valence-corrected chi connectivity index (χ2v) is 7.25. The third-order valence-electron chi connectivity index (χ3n) is 4.00. The van der Waals surface area contributed by atoms with Crippen molar-refractivity contribution in [1.29, 1.82) is 0 Å². The minimum absolute atomic E-state index is 0.0628. The van der Waals surface area contributed by atoms with Crippen molar-refractivity contribution in [1.82, 2.24) is 15.0 Å². The predicted molar refractivity (Wildman–Crippen MR) is 107 cm³/mol. The van der Waals surface area contributed by atoms with Gasteiger partial charge in [0.25, 0.3) is 5.91 Å². The Kier molecular flexibility index (Phi) is 6.54. The van der Waals surface area contributed by atoms with Crippen molar-refractivity contribution in [2.45, 2.75) is 26.4 Å². The highest BCUT2D eigenvalue weighted by molar-refractivity contribution is 6.30. The van der Waals surface area contributed by atoms with Crippen LogP contribution in [0.3, 0.4) is 0 Å². The molecule has 28 heavy (non-hydrogen) atoms. The molecule has 0 N–H and O–H groups in total. The van der Waals surface area contributed by atoms with E-state index in [-0.39, 0.29) is 25.1 Å². The summed E-state index contributed by atoms with van der Waals surface area (Å²) in [5.74, 6) is 1.18. The van der Waals surface area contributed by atoms with Crippen molar-refractivity contribution in [2.24, 2.45) is 0 Å². The van der Waals surface area contributed by atoms with Gasteiger partial charge < -0.3 is 14.2 Å². The minimum atomic E-state index is -0.184. The number of halogens is 2. The average molecular weight is 420 g/mol. The van der Waals surface area contributed by atoms with Crippen LogP contribution >= 0.6 is 23.2 Å². The molecule has 3 aromatic rings. The van der Waals surface area contributed by atoms with Crippen molar-refractivity contribution in [3.63, 3.8) is 0 Å². The number of rotatable bonds is 7. The van der Waals surface area contributed by atoms with Crippen LogP contribution in [-0.2, 0) is 11.3 Å². The van der Waals surface area contributed by atoms with Gasteiger partial charge in [-0.15, -0.1) is 0 Å². The minimum Gasteiger partial charge on any atom is -0.484 e. The molecule has 0 radical (unpaired) electrons. The Labute approximate surface area is 173 Å². The van der Waals surface area contributed by atoms with Crippen LogP contribution in [0.5, 0.6) is 5.75 Å². The molecule has 8 heteroatoms. The summed E-state index contributed by atoms with van der Waals surface area (Å²) in [6, 6.07) is 13.9. The first-order chi connectivity index (χ1) is 13.4. The predicted octanol–water partition coefficient (Wildman–Crippen LogP) is 4.86. The lowest BCUT2D eigenvalue weighted by Crippen LogP contribution is -2.39. The lowest BCUT2D eigenvalue weighted by atomic mass is 10.2. The molecule has 0 aliphatic carbocycles. The van der Waals surface area contributed by atoms with Crippen LogP contribution in [0.4, 0.5) is 0 Å². The van der Waals surface area contributed by atoms with Gasteiger partial charge in [-0.1, -0.05) is 28.4 Å². The number of carbonyl (C=O) groups is 1. The molecule has 1 aromatic heterocycles. The van der Waals surface area contributed by atoms with Gasteiger partial charge in [0.2, 0.25) is 11.7 Å². The summed E-state index contributed by atoms with van der Waals surface area (Å²) in [4.78, 5) is 18.6. The lowest BCUT2D eigenvalue weighted by molar-refractivity contribution is -0.136. The molecule has 1 heterocycles. The molecular formula is C20H19Cl2N3O3. The van der Waals surface area contributed by atoms with Crippen LogP contribution < -0.4 is 4.74 Å². The van der Waals surface area contributed by atoms with Gasteiger partial charge in [0.15, 0.2) is 6.61 Å². The SMILES string of the molecule is CC(C)N(Cc1nc(-c2ccc(Cl)cc2)no1)C(=O)COc1ccc(Cl)cc1. The molecule has 0 atom stereocenters. The topological polar surface area (TPSA) is 68.5 Å². The van der Waals surface area contributed by atoms with E-state index in [2.05, 4.69) is 10.1 Å². The second kappa shape index (κ2) is 9.08. The van der Waals surface area contributed by atoms with Crippen LogP contribution in [0.2, 0.25) is 10.0 Å². The first-order valence-electron chi connectivity index (χ1n) is 8.68. The van der Waals surface area contributed by atoms with Crippen LogP contribution in [0.1, 0.15) is 19.7 Å². The first-order valence-corrected chi connectivity index (χ1v) is 9.44. The average Bonchev–Trinajstić information content (AvgIpc) is 3.14. The van der Waals surface area contributed by atoms with E-state index in [1.54, 1.807) is 41.3 Å². The molecule has 1 amide bonds. The van der Waals surface area contributed by atoms with Crippen molar-refractivity contribution in [3.05, 3.63) is 64.5 Å². The van der Waals surface area contributed by atoms with Crippen molar-refractivity contribution in [3.8, 4) is 17.1 Å². The zero-order chi connectivity index (χ0) is 20.1. The molecule has 0 fully saturated rings. The Morgan fingerprint density at radius 3 is 2.29 bits per heavy atom. The standard InChI is InChI=1S/C20H19Cl2N3O3/c1-13(2)25(19(26)12-27-17-9-7-16(22)8-10-17)11-18-23-20(24-28-18)14-3-5-15(21)6-4-14/h3-10,13H,11-12H2,1-2H3. The summed E-state index contributed by atoms with van der Waals surface area (Å²) >= 11 is 11.7. The molecule has 0 aliphatic rings. The van der Waals surface area contributed by atoms with Gasteiger partial charge >= 0.3 is 0 Å². The van der Waals surface area contributed by atoms with E-state index in [0.717, 1.165) is 5.56 Å². The van der Waals surface area contributed by atoms with Gasteiger partial charge in [-0.2, -0.15) is 4.98 Å². The van der Waals surface area contributed by atoms with E-state index in [4.69, 9.17) is 32.5 Å². The van der Waals surface area contributed by atoms with Crippen molar-refractivity contribution < 1.29 is 14.1 Å². The van der Waals surface area contributed by atoms with Crippen LogP contribution in [0.25, 0.3) is 11.4 Å². The van der Waals surface area contributed by atoms with E-state index in [1.165, 1.54) is 0 Å². The fourth-order valence-electron chi connectivity index (χ4n) is 2.50. The molecule has 0 aliphatic heterocycles. The normalized spacial score (nSPS) is 10.9.